The van der Waals surface area contributed by atoms with Crippen molar-refractivity contribution in [2.75, 3.05) is 0 Å². The van der Waals surface area contributed by atoms with E-state index in [2.05, 4.69) is 50.2 Å². The van der Waals surface area contributed by atoms with Gasteiger partial charge < -0.3 is 14.2 Å². The lowest BCUT2D eigenvalue weighted by Crippen LogP contribution is -2.10. The Labute approximate surface area is 148 Å². The lowest BCUT2D eigenvalue weighted by atomic mass is 9.84. The summed E-state index contributed by atoms with van der Waals surface area (Å²) in [5.74, 6) is 0.963. The Kier molecular flexibility index (Phi) is 3.70. The first-order valence-electron chi connectivity index (χ1n) is 9.25. The van der Waals surface area contributed by atoms with Gasteiger partial charge in [0.05, 0.1) is 38.6 Å². The standard InChI is InChI=1S/C22H24O3/c1-13-14(2)22(16-4-6-18-10-24-12-20(18)8-16)25-21(13)15-3-5-17-9-23-11-19(17)7-15/h3-8,13-14,21-22H,9-12H2,1-2H3/t13-,14-,21-,22-/m0/s1. The monoisotopic (exact) mass is 336 g/mol. The van der Waals surface area contributed by atoms with Crippen molar-refractivity contribution in [2.24, 2.45) is 11.8 Å². The van der Waals surface area contributed by atoms with Gasteiger partial charge in [-0.1, -0.05) is 50.2 Å². The third-order valence-electron chi connectivity index (χ3n) is 6.23. The van der Waals surface area contributed by atoms with Gasteiger partial charge in [-0.3, -0.25) is 0 Å². The van der Waals surface area contributed by atoms with Crippen LogP contribution in [0.1, 0.15) is 59.4 Å². The molecule has 3 nitrogen and oxygen atoms in total. The van der Waals surface area contributed by atoms with E-state index >= 15 is 0 Å². The number of ether oxygens (including phenoxy) is 3. The van der Waals surface area contributed by atoms with Crippen LogP contribution in [0.15, 0.2) is 36.4 Å². The molecule has 1 saturated heterocycles. The summed E-state index contributed by atoms with van der Waals surface area (Å²) in [7, 11) is 0. The molecule has 0 radical (unpaired) electrons. The fourth-order valence-electron chi connectivity index (χ4n) is 4.46. The zero-order valence-electron chi connectivity index (χ0n) is 14.8. The van der Waals surface area contributed by atoms with Crippen molar-refractivity contribution in [2.45, 2.75) is 52.5 Å². The van der Waals surface area contributed by atoms with Crippen molar-refractivity contribution in [3.63, 3.8) is 0 Å². The normalized spacial score (nSPS) is 30.5. The van der Waals surface area contributed by atoms with Crippen LogP contribution < -0.4 is 0 Å². The first kappa shape index (κ1) is 15.6. The Balaban J connectivity index is 1.44. The maximum atomic E-state index is 6.60. The van der Waals surface area contributed by atoms with Crippen LogP contribution in [0, 0.1) is 11.8 Å². The number of hydrogen-bond acceptors (Lipinski definition) is 3. The van der Waals surface area contributed by atoms with Crippen molar-refractivity contribution < 1.29 is 14.2 Å². The third kappa shape index (κ3) is 2.53. The van der Waals surface area contributed by atoms with Crippen LogP contribution >= 0.6 is 0 Å². The summed E-state index contributed by atoms with van der Waals surface area (Å²) in [6.45, 7) is 7.58. The minimum Gasteiger partial charge on any atom is -0.372 e. The average Bonchev–Trinajstić information content (AvgIpc) is 3.34. The summed E-state index contributed by atoms with van der Waals surface area (Å²) >= 11 is 0. The van der Waals surface area contributed by atoms with E-state index in [1.807, 2.05) is 0 Å². The summed E-state index contributed by atoms with van der Waals surface area (Å²) in [6, 6.07) is 13.4. The van der Waals surface area contributed by atoms with E-state index in [-0.39, 0.29) is 12.2 Å². The minimum atomic E-state index is 0.149. The van der Waals surface area contributed by atoms with Gasteiger partial charge in [0.1, 0.15) is 0 Å². The molecule has 3 aliphatic heterocycles. The van der Waals surface area contributed by atoms with Crippen molar-refractivity contribution >= 4 is 0 Å². The van der Waals surface area contributed by atoms with Gasteiger partial charge in [-0.05, 0) is 45.2 Å². The van der Waals surface area contributed by atoms with Crippen molar-refractivity contribution in [1.29, 1.82) is 0 Å². The maximum Gasteiger partial charge on any atom is 0.0862 e. The van der Waals surface area contributed by atoms with Crippen LogP contribution in [0.3, 0.4) is 0 Å². The SMILES string of the molecule is C[C@H]1[C@H](C)[C@@H](c2ccc3c(c2)COC3)O[C@@H]1c1ccc2c(c1)COC2. The Morgan fingerprint density at radius 2 is 1.08 bits per heavy atom. The highest BCUT2D eigenvalue weighted by atomic mass is 16.5. The molecule has 0 saturated carbocycles. The highest BCUT2D eigenvalue weighted by molar-refractivity contribution is 5.37. The summed E-state index contributed by atoms with van der Waals surface area (Å²) < 4.78 is 17.7. The van der Waals surface area contributed by atoms with Crippen molar-refractivity contribution in [1.82, 2.24) is 0 Å². The zero-order valence-corrected chi connectivity index (χ0v) is 14.8. The van der Waals surface area contributed by atoms with Gasteiger partial charge in [0.2, 0.25) is 0 Å². The molecule has 0 unspecified atom stereocenters. The predicted molar refractivity (Wildman–Crippen MR) is 94.8 cm³/mol. The second-order valence-electron chi connectivity index (χ2n) is 7.74. The second kappa shape index (κ2) is 5.94. The van der Waals surface area contributed by atoms with Gasteiger partial charge in [-0.2, -0.15) is 0 Å². The van der Waals surface area contributed by atoms with Gasteiger partial charge in [0.25, 0.3) is 0 Å². The lowest BCUT2D eigenvalue weighted by molar-refractivity contribution is 0.0289. The van der Waals surface area contributed by atoms with Crippen LogP contribution in [0.25, 0.3) is 0 Å². The Hall–Kier alpha value is -1.68. The smallest absolute Gasteiger partial charge is 0.0862 e. The second-order valence-corrected chi connectivity index (χ2v) is 7.74. The van der Waals surface area contributed by atoms with Crippen LogP contribution in [-0.4, -0.2) is 0 Å². The van der Waals surface area contributed by atoms with Gasteiger partial charge in [-0.25, -0.2) is 0 Å². The van der Waals surface area contributed by atoms with Gasteiger partial charge in [0, 0.05) is 0 Å². The zero-order chi connectivity index (χ0) is 17.0. The highest BCUT2D eigenvalue weighted by Gasteiger charge is 2.41. The fourth-order valence-corrected chi connectivity index (χ4v) is 4.46. The minimum absolute atomic E-state index is 0.149. The molecule has 130 valence electrons. The third-order valence-corrected chi connectivity index (χ3v) is 6.23. The topological polar surface area (TPSA) is 27.7 Å². The number of hydrogen-bond donors (Lipinski definition) is 0. The molecule has 0 N–H and O–H groups in total. The fraction of sp³-hybridized carbons (Fsp3) is 0.455. The largest absolute Gasteiger partial charge is 0.372 e. The van der Waals surface area contributed by atoms with Crippen molar-refractivity contribution in [3.8, 4) is 0 Å². The molecule has 3 heteroatoms. The highest BCUT2D eigenvalue weighted by Crippen LogP contribution is 2.49. The Bertz CT molecular complexity index is 745. The van der Waals surface area contributed by atoms with E-state index in [1.165, 1.54) is 33.4 Å². The summed E-state index contributed by atoms with van der Waals surface area (Å²) in [6.07, 6.45) is 0.297. The molecule has 0 aliphatic carbocycles. The molecule has 5 rings (SSSR count). The summed E-state index contributed by atoms with van der Waals surface area (Å²) in [5.41, 5.74) is 7.85. The maximum absolute atomic E-state index is 6.60. The molecular weight excluding hydrogens is 312 g/mol. The van der Waals surface area contributed by atoms with Crippen LogP contribution in [0.4, 0.5) is 0 Å². The number of fused-ring (bicyclic) bond motifs is 2. The molecule has 0 spiro atoms. The van der Waals surface area contributed by atoms with E-state index < -0.39 is 0 Å². The van der Waals surface area contributed by atoms with E-state index in [0.29, 0.717) is 11.8 Å². The molecule has 25 heavy (non-hydrogen) atoms. The Morgan fingerprint density at radius 3 is 1.56 bits per heavy atom. The summed E-state index contributed by atoms with van der Waals surface area (Å²) in [5, 5.41) is 0. The van der Waals surface area contributed by atoms with E-state index in [0.717, 1.165) is 26.4 Å². The molecule has 1 fully saturated rings. The molecule has 0 aromatic heterocycles. The molecule has 3 aliphatic rings. The molecule has 2 aromatic carbocycles. The van der Waals surface area contributed by atoms with Crippen molar-refractivity contribution in [3.05, 3.63) is 69.8 Å². The molecule has 3 heterocycles. The predicted octanol–water partition coefficient (Wildman–Crippen LogP) is 4.83. The first-order chi connectivity index (χ1) is 12.2. The van der Waals surface area contributed by atoms with Crippen LogP contribution in [0.2, 0.25) is 0 Å². The van der Waals surface area contributed by atoms with Crippen LogP contribution in [0.5, 0.6) is 0 Å². The molecule has 2 aromatic rings. The van der Waals surface area contributed by atoms with E-state index in [1.54, 1.807) is 0 Å². The quantitative estimate of drug-likeness (QED) is 0.786. The van der Waals surface area contributed by atoms with Gasteiger partial charge >= 0.3 is 0 Å². The average molecular weight is 336 g/mol. The molecule has 4 atom stereocenters. The van der Waals surface area contributed by atoms with E-state index in [4.69, 9.17) is 14.2 Å². The van der Waals surface area contributed by atoms with Gasteiger partial charge in [-0.15, -0.1) is 0 Å². The summed E-state index contributed by atoms with van der Waals surface area (Å²) in [4.78, 5) is 0. The van der Waals surface area contributed by atoms with E-state index in [9.17, 15) is 0 Å². The molecular formula is C22H24O3. The number of rotatable bonds is 2. The molecule has 0 amide bonds. The van der Waals surface area contributed by atoms with Gasteiger partial charge in [0.15, 0.2) is 0 Å². The Morgan fingerprint density at radius 1 is 0.640 bits per heavy atom. The number of benzene rings is 2. The first-order valence-corrected chi connectivity index (χ1v) is 9.25. The lowest BCUT2D eigenvalue weighted by Gasteiger charge is -2.17. The molecule has 0 bridgehead atoms. The van der Waals surface area contributed by atoms with Crippen LogP contribution in [-0.2, 0) is 40.6 Å².